The SMILES string of the molecule is COCCCOCCNC(C)C(=O)O. The summed E-state index contributed by atoms with van der Waals surface area (Å²) >= 11 is 0. The van der Waals surface area contributed by atoms with Crippen molar-refractivity contribution in [3.05, 3.63) is 0 Å². The van der Waals surface area contributed by atoms with Gasteiger partial charge in [0, 0.05) is 26.9 Å². The molecule has 14 heavy (non-hydrogen) atoms. The van der Waals surface area contributed by atoms with Crippen molar-refractivity contribution >= 4 is 5.97 Å². The van der Waals surface area contributed by atoms with Crippen LogP contribution in [0, 0.1) is 0 Å². The van der Waals surface area contributed by atoms with Crippen molar-refractivity contribution in [3.8, 4) is 0 Å². The fourth-order valence-corrected chi connectivity index (χ4v) is 0.842. The lowest BCUT2D eigenvalue weighted by molar-refractivity contribution is -0.139. The molecule has 0 radical (unpaired) electrons. The average molecular weight is 205 g/mol. The summed E-state index contributed by atoms with van der Waals surface area (Å²) in [6, 6.07) is -0.516. The minimum absolute atomic E-state index is 0.516. The first-order valence-corrected chi connectivity index (χ1v) is 4.71. The maximum atomic E-state index is 10.4. The van der Waals surface area contributed by atoms with Crippen LogP contribution in [0.25, 0.3) is 0 Å². The smallest absolute Gasteiger partial charge is 0.320 e. The van der Waals surface area contributed by atoms with Crippen molar-refractivity contribution in [2.45, 2.75) is 19.4 Å². The Bertz CT molecular complexity index is 152. The van der Waals surface area contributed by atoms with E-state index in [1.165, 1.54) is 0 Å². The number of aliphatic carboxylic acids is 1. The van der Waals surface area contributed by atoms with Crippen LogP contribution in [0.5, 0.6) is 0 Å². The van der Waals surface area contributed by atoms with Crippen LogP contribution in [0.4, 0.5) is 0 Å². The molecule has 0 amide bonds. The molecule has 84 valence electrons. The van der Waals surface area contributed by atoms with Crippen LogP contribution in [-0.2, 0) is 14.3 Å². The standard InChI is InChI=1S/C9H19NO4/c1-8(9(11)12)10-4-7-14-6-3-5-13-2/h8,10H,3-7H2,1-2H3,(H,11,12). The average Bonchev–Trinajstić information content (AvgIpc) is 2.16. The fourth-order valence-electron chi connectivity index (χ4n) is 0.842. The molecule has 5 heteroatoms. The van der Waals surface area contributed by atoms with Gasteiger partial charge in [0.15, 0.2) is 0 Å². The van der Waals surface area contributed by atoms with E-state index in [1.807, 2.05) is 0 Å². The van der Waals surface area contributed by atoms with Gasteiger partial charge in [0.2, 0.25) is 0 Å². The summed E-state index contributed by atoms with van der Waals surface area (Å²) in [7, 11) is 1.65. The molecule has 0 saturated carbocycles. The maximum Gasteiger partial charge on any atom is 0.320 e. The summed E-state index contributed by atoms with van der Waals surface area (Å²) in [6.45, 7) is 4.03. The third-order valence-corrected chi connectivity index (χ3v) is 1.70. The van der Waals surface area contributed by atoms with Crippen LogP contribution in [0.1, 0.15) is 13.3 Å². The van der Waals surface area contributed by atoms with E-state index in [0.717, 1.165) is 6.42 Å². The molecular weight excluding hydrogens is 186 g/mol. The molecule has 0 saturated heterocycles. The Morgan fingerprint density at radius 2 is 2.14 bits per heavy atom. The Morgan fingerprint density at radius 3 is 2.71 bits per heavy atom. The van der Waals surface area contributed by atoms with Crippen molar-refractivity contribution < 1.29 is 19.4 Å². The van der Waals surface area contributed by atoms with Crippen molar-refractivity contribution in [1.29, 1.82) is 0 Å². The van der Waals surface area contributed by atoms with E-state index in [9.17, 15) is 4.79 Å². The lowest BCUT2D eigenvalue weighted by Crippen LogP contribution is -2.35. The zero-order chi connectivity index (χ0) is 10.8. The Balaban J connectivity index is 3.09. The van der Waals surface area contributed by atoms with Crippen LogP contribution in [0.15, 0.2) is 0 Å². The van der Waals surface area contributed by atoms with E-state index in [2.05, 4.69) is 5.32 Å². The van der Waals surface area contributed by atoms with Crippen LogP contribution in [0.2, 0.25) is 0 Å². The van der Waals surface area contributed by atoms with Gasteiger partial charge in [-0.3, -0.25) is 4.79 Å². The zero-order valence-electron chi connectivity index (χ0n) is 8.78. The van der Waals surface area contributed by atoms with Gasteiger partial charge in [-0.25, -0.2) is 0 Å². The maximum absolute atomic E-state index is 10.4. The molecule has 1 atom stereocenters. The summed E-state index contributed by atoms with van der Waals surface area (Å²) in [5, 5.41) is 11.4. The second kappa shape index (κ2) is 8.93. The lowest BCUT2D eigenvalue weighted by atomic mass is 10.3. The topological polar surface area (TPSA) is 67.8 Å². The largest absolute Gasteiger partial charge is 0.480 e. The first kappa shape index (κ1) is 13.4. The predicted molar refractivity (Wildman–Crippen MR) is 52.4 cm³/mol. The van der Waals surface area contributed by atoms with Gasteiger partial charge < -0.3 is 19.9 Å². The van der Waals surface area contributed by atoms with E-state index < -0.39 is 12.0 Å². The van der Waals surface area contributed by atoms with Crippen LogP contribution in [0.3, 0.4) is 0 Å². The number of ether oxygens (including phenoxy) is 2. The summed E-state index contributed by atoms with van der Waals surface area (Å²) < 4.78 is 10.1. The van der Waals surface area contributed by atoms with Gasteiger partial charge in [0.05, 0.1) is 6.61 Å². The number of carboxylic acids is 1. The van der Waals surface area contributed by atoms with Crippen LogP contribution in [-0.4, -0.2) is 50.6 Å². The summed E-state index contributed by atoms with van der Waals surface area (Å²) in [6.07, 6.45) is 0.866. The van der Waals surface area contributed by atoms with Crippen molar-refractivity contribution in [1.82, 2.24) is 5.32 Å². The molecule has 0 fully saturated rings. The highest BCUT2D eigenvalue weighted by atomic mass is 16.5. The molecule has 0 spiro atoms. The number of rotatable bonds is 9. The zero-order valence-corrected chi connectivity index (χ0v) is 8.78. The molecule has 0 rings (SSSR count). The molecule has 5 nitrogen and oxygen atoms in total. The Hall–Kier alpha value is -0.650. The summed E-state index contributed by atoms with van der Waals surface area (Å²) in [5.74, 6) is -0.843. The van der Waals surface area contributed by atoms with Gasteiger partial charge in [-0.1, -0.05) is 0 Å². The van der Waals surface area contributed by atoms with Gasteiger partial charge in [-0.15, -0.1) is 0 Å². The highest BCUT2D eigenvalue weighted by molar-refractivity contribution is 5.72. The number of nitrogens with one attached hydrogen (secondary N) is 1. The number of hydrogen-bond acceptors (Lipinski definition) is 4. The van der Waals surface area contributed by atoms with Gasteiger partial charge in [-0.05, 0) is 13.3 Å². The highest BCUT2D eigenvalue weighted by Gasteiger charge is 2.07. The quantitative estimate of drug-likeness (QED) is 0.523. The second-order valence-corrected chi connectivity index (χ2v) is 2.97. The Morgan fingerprint density at radius 1 is 1.43 bits per heavy atom. The summed E-state index contributed by atoms with van der Waals surface area (Å²) in [5.41, 5.74) is 0. The number of hydrogen-bond donors (Lipinski definition) is 2. The molecule has 1 unspecified atom stereocenters. The predicted octanol–water partition coefficient (Wildman–Crippen LogP) is 0.102. The van der Waals surface area contributed by atoms with E-state index in [1.54, 1.807) is 14.0 Å². The third kappa shape index (κ3) is 7.97. The van der Waals surface area contributed by atoms with Gasteiger partial charge >= 0.3 is 5.97 Å². The third-order valence-electron chi connectivity index (χ3n) is 1.70. The van der Waals surface area contributed by atoms with Crippen LogP contribution < -0.4 is 5.32 Å². The summed E-state index contributed by atoms with van der Waals surface area (Å²) in [4.78, 5) is 10.4. The molecular formula is C9H19NO4. The molecule has 0 aliphatic rings. The number of carbonyl (C=O) groups is 1. The molecule has 0 aliphatic heterocycles. The van der Waals surface area contributed by atoms with Gasteiger partial charge in [0.1, 0.15) is 6.04 Å². The molecule has 2 N–H and O–H groups in total. The van der Waals surface area contributed by atoms with Crippen molar-refractivity contribution in [3.63, 3.8) is 0 Å². The first-order valence-electron chi connectivity index (χ1n) is 4.71. The molecule has 0 aromatic rings. The van der Waals surface area contributed by atoms with E-state index in [4.69, 9.17) is 14.6 Å². The number of methoxy groups -OCH3 is 1. The fraction of sp³-hybridized carbons (Fsp3) is 0.889. The minimum Gasteiger partial charge on any atom is -0.480 e. The molecule has 0 heterocycles. The monoisotopic (exact) mass is 205 g/mol. The minimum atomic E-state index is -0.843. The Kier molecular flexibility index (Phi) is 8.51. The molecule has 0 aliphatic carbocycles. The second-order valence-electron chi connectivity index (χ2n) is 2.97. The van der Waals surface area contributed by atoms with Crippen molar-refractivity contribution in [2.24, 2.45) is 0 Å². The molecule has 0 bridgehead atoms. The Labute approximate surface area is 84.4 Å². The van der Waals surface area contributed by atoms with Crippen LogP contribution >= 0.6 is 0 Å². The highest BCUT2D eigenvalue weighted by Crippen LogP contribution is 1.84. The van der Waals surface area contributed by atoms with Gasteiger partial charge in [-0.2, -0.15) is 0 Å². The van der Waals surface area contributed by atoms with Crippen molar-refractivity contribution in [2.75, 3.05) is 33.5 Å². The molecule has 0 aromatic carbocycles. The van der Waals surface area contributed by atoms with E-state index >= 15 is 0 Å². The van der Waals surface area contributed by atoms with E-state index in [0.29, 0.717) is 26.4 Å². The lowest BCUT2D eigenvalue weighted by Gasteiger charge is -2.09. The normalized spacial score (nSPS) is 12.7. The van der Waals surface area contributed by atoms with E-state index in [-0.39, 0.29) is 0 Å². The van der Waals surface area contributed by atoms with Gasteiger partial charge in [0.25, 0.3) is 0 Å². The first-order chi connectivity index (χ1) is 6.68. The number of carboxylic acid groups (broad SMARTS) is 1. The molecule has 0 aromatic heterocycles.